The minimum absolute atomic E-state index is 0.523. The fourth-order valence-corrected chi connectivity index (χ4v) is 2.90. The average molecular weight is 339 g/mol. The number of Topliss-reactive ketones (excluding diaryl/α,β-unsaturated/α-hetero) is 1. The molecule has 0 unspecified atom stereocenters. The van der Waals surface area contributed by atoms with Gasteiger partial charge in [0.25, 0.3) is 5.91 Å². The van der Waals surface area contributed by atoms with Gasteiger partial charge in [0.05, 0.1) is 7.11 Å². The van der Waals surface area contributed by atoms with Gasteiger partial charge in [0.15, 0.2) is 23.8 Å². The van der Waals surface area contributed by atoms with Crippen LogP contribution in [0.4, 0.5) is 0 Å². The Balaban J connectivity index is 2.96. The number of amides is 1. The molecule has 0 radical (unpaired) electrons. The fraction of sp³-hybridized carbons (Fsp3) is 0.833. The van der Waals surface area contributed by atoms with Gasteiger partial charge in [-0.2, -0.15) is 0 Å². The monoisotopic (exact) mass is 339 g/mol. The van der Waals surface area contributed by atoms with Crippen molar-refractivity contribution in [2.24, 2.45) is 0 Å². The predicted octanol–water partition coefficient (Wildman–Crippen LogP) is 0.581. The zero-order valence-electron chi connectivity index (χ0n) is 13.5. The van der Waals surface area contributed by atoms with Gasteiger partial charge in [-0.15, -0.1) is 0 Å². The summed E-state index contributed by atoms with van der Waals surface area (Å²) in [6.45, 7) is 3.14. The Morgan fingerprint density at radius 3 is 2.09 bits per heavy atom. The minimum atomic E-state index is -3.56. The van der Waals surface area contributed by atoms with Crippen LogP contribution >= 0.6 is 7.60 Å². The number of hydroxylamine groups is 2. The first-order chi connectivity index (χ1) is 10.1. The van der Waals surface area contributed by atoms with Crippen molar-refractivity contribution in [3.63, 3.8) is 0 Å². The van der Waals surface area contributed by atoms with E-state index in [1.54, 1.807) is 13.8 Å². The third-order valence-electron chi connectivity index (χ3n) is 3.15. The molecular formula is C12H22NO8P. The molecule has 1 aliphatic rings. The van der Waals surface area contributed by atoms with Crippen LogP contribution in [0.2, 0.25) is 0 Å². The number of carbonyl (C=O) groups excluding carboxylic acids is 2. The van der Waals surface area contributed by atoms with E-state index in [0.717, 1.165) is 5.06 Å². The van der Waals surface area contributed by atoms with Crippen LogP contribution in [0.1, 0.15) is 13.8 Å². The summed E-state index contributed by atoms with van der Waals surface area (Å²) < 4.78 is 32.5. The van der Waals surface area contributed by atoms with E-state index in [1.165, 1.54) is 28.4 Å². The lowest BCUT2D eigenvalue weighted by Gasteiger charge is -2.21. The smallest absolute Gasteiger partial charge is 0.336 e. The Labute approximate surface area is 129 Å². The second-order valence-corrected chi connectivity index (χ2v) is 7.36. The molecule has 2 atom stereocenters. The molecule has 1 aliphatic heterocycles. The number of hydrogen-bond acceptors (Lipinski definition) is 8. The molecule has 0 N–H and O–H groups in total. The van der Waals surface area contributed by atoms with Crippen molar-refractivity contribution >= 4 is 19.3 Å². The summed E-state index contributed by atoms with van der Waals surface area (Å²) >= 11 is 0. The zero-order chi connectivity index (χ0) is 17.1. The molecule has 1 fully saturated rings. The van der Waals surface area contributed by atoms with Gasteiger partial charge in [-0.05, 0) is 13.8 Å². The quantitative estimate of drug-likeness (QED) is 0.490. The normalized spacial score (nSPS) is 24.3. The van der Waals surface area contributed by atoms with Crippen molar-refractivity contribution in [1.29, 1.82) is 0 Å². The number of nitrogens with zero attached hydrogens (tertiary/aromatic N) is 1. The van der Waals surface area contributed by atoms with E-state index in [1.807, 2.05) is 0 Å². The lowest BCUT2D eigenvalue weighted by molar-refractivity contribution is -0.187. The molecule has 1 heterocycles. The van der Waals surface area contributed by atoms with E-state index >= 15 is 0 Å². The predicted molar refractivity (Wildman–Crippen MR) is 75.1 cm³/mol. The number of carbonyl (C=O) groups is 2. The van der Waals surface area contributed by atoms with E-state index in [9.17, 15) is 14.2 Å². The van der Waals surface area contributed by atoms with Crippen LogP contribution in [0.15, 0.2) is 0 Å². The molecule has 0 saturated carbocycles. The highest BCUT2D eigenvalue weighted by molar-refractivity contribution is 7.54. The fourth-order valence-electron chi connectivity index (χ4n) is 1.93. The second kappa shape index (κ2) is 7.16. The van der Waals surface area contributed by atoms with Crippen molar-refractivity contribution in [3.8, 4) is 0 Å². The van der Waals surface area contributed by atoms with Crippen molar-refractivity contribution in [2.45, 2.75) is 31.8 Å². The maximum absolute atomic E-state index is 12.3. The number of hydrogen-bond donors (Lipinski definition) is 0. The van der Waals surface area contributed by atoms with Gasteiger partial charge in [0.2, 0.25) is 0 Å². The summed E-state index contributed by atoms with van der Waals surface area (Å²) in [6, 6.07) is 0. The van der Waals surface area contributed by atoms with Crippen molar-refractivity contribution in [3.05, 3.63) is 0 Å². The second-order valence-electron chi connectivity index (χ2n) is 5.10. The van der Waals surface area contributed by atoms with E-state index in [2.05, 4.69) is 0 Å². The van der Waals surface area contributed by atoms with Gasteiger partial charge in [-0.25, -0.2) is 5.06 Å². The van der Waals surface area contributed by atoms with Crippen LogP contribution in [0.5, 0.6) is 0 Å². The van der Waals surface area contributed by atoms with Gasteiger partial charge >= 0.3 is 7.60 Å². The minimum Gasteiger partial charge on any atom is -0.336 e. The largest absolute Gasteiger partial charge is 0.337 e. The Hall–Kier alpha value is -0.830. The topological polar surface area (TPSA) is 101 Å². The summed E-state index contributed by atoms with van der Waals surface area (Å²) in [5.74, 6) is -2.34. The summed E-state index contributed by atoms with van der Waals surface area (Å²) in [7, 11) is 1.48. The maximum Gasteiger partial charge on any atom is 0.337 e. The molecular weight excluding hydrogens is 317 g/mol. The lowest BCUT2D eigenvalue weighted by Crippen LogP contribution is -2.45. The summed E-state index contributed by atoms with van der Waals surface area (Å²) in [5.41, 5.74) is 0. The van der Waals surface area contributed by atoms with Gasteiger partial charge in [0, 0.05) is 21.3 Å². The van der Waals surface area contributed by atoms with Crippen LogP contribution in [-0.4, -0.2) is 69.3 Å². The Bertz CT molecular complexity index is 472. The molecule has 10 heteroatoms. The summed E-state index contributed by atoms with van der Waals surface area (Å²) in [6.07, 6.45) is -2.95. The van der Waals surface area contributed by atoms with Crippen LogP contribution in [-0.2, 0) is 37.5 Å². The highest BCUT2D eigenvalue weighted by atomic mass is 31.2. The summed E-state index contributed by atoms with van der Waals surface area (Å²) in [4.78, 5) is 29.3. The van der Waals surface area contributed by atoms with Crippen LogP contribution < -0.4 is 0 Å². The van der Waals surface area contributed by atoms with E-state index in [0.29, 0.717) is 0 Å². The Morgan fingerprint density at radius 2 is 1.64 bits per heavy atom. The maximum atomic E-state index is 12.3. The van der Waals surface area contributed by atoms with Gasteiger partial charge in [-0.3, -0.25) is 19.0 Å². The van der Waals surface area contributed by atoms with Crippen LogP contribution in [0.3, 0.4) is 0 Å². The molecule has 1 rings (SSSR count). The molecule has 0 spiro atoms. The highest BCUT2D eigenvalue weighted by Gasteiger charge is 2.50. The molecule has 0 aromatic rings. The lowest BCUT2D eigenvalue weighted by atomic mass is 10.1. The third-order valence-corrected chi connectivity index (χ3v) is 4.96. The first-order valence-corrected chi connectivity index (χ1v) is 8.22. The molecule has 0 bridgehead atoms. The molecule has 0 aliphatic carbocycles. The van der Waals surface area contributed by atoms with Crippen LogP contribution in [0, 0.1) is 0 Å². The Kier molecular flexibility index (Phi) is 6.26. The van der Waals surface area contributed by atoms with Gasteiger partial charge in [0.1, 0.15) is 6.16 Å². The number of ketones is 1. The first-order valence-electron chi connectivity index (χ1n) is 6.49. The number of rotatable bonds is 7. The number of likely N-dealkylation sites (N-methyl/N-ethyl adjacent to an activating group) is 1. The summed E-state index contributed by atoms with van der Waals surface area (Å²) in [5, 5.41) is 0.932. The van der Waals surface area contributed by atoms with Crippen LogP contribution in [0.25, 0.3) is 0 Å². The number of ether oxygens (including phenoxy) is 2. The molecule has 22 heavy (non-hydrogen) atoms. The third kappa shape index (κ3) is 4.34. The molecule has 0 aromatic heterocycles. The van der Waals surface area contributed by atoms with E-state index < -0.39 is 43.4 Å². The van der Waals surface area contributed by atoms with E-state index in [4.69, 9.17) is 23.4 Å². The molecule has 9 nitrogen and oxygen atoms in total. The van der Waals surface area contributed by atoms with Gasteiger partial charge < -0.3 is 18.5 Å². The van der Waals surface area contributed by atoms with Crippen molar-refractivity contribution in [1.82, 2.24) is 5.06 Å². The standard InChI is InChI=1S/C12H22NO8P/c1-12(2)20-9(8(14)7-22(16,18-5)19-6)10(21-12)11(15)13(3)17-4/h9-10H,7H2,1-6H3/t9-,10+/m1/s1. The Morgan fingerprint density at radius 1 is 1.14 bits per heavy atom. The van der Waals surface area contributed by atoms with Gasteiger partial charge in [-0.1, -0.05) is 0 Å². The zero-order valence-corrected chi connectivity index (χ0v) is 14.4. The average Bonchev–Trinajstić information content (AvgIpc) is 2.81. The van der Waals surface area contributed by atoms with E-state index in [-0.39, 0.29) is 0 Å². The highest BCUT2D eigenvalue weighted by Crippen LogP contribution is 2.47. The molecule has 0 aromatic carbocycles. The van der Waals surface area contributed by atoms with Crippen molar-refractivity contribution < 1.29 is 37.5 Å². The molecule has 128 valence electrons. The SMILES string of the molecule is CON(C)C(=O)[C@H]1OC(C)(C)O[C@@H]1C(=O)CP(=O)(OC)OC. The van der Waals surface area contributed by atoms with Crippen molar-refractivity contribution in [2.75, 3.05) is 34.5 Å². The molecule has 1 amide bonds. The molecule has 1 saturated heterocycles. The first kappa shape index (κ1) is 19.2.